The molecule has 2 unspecified atom stereocenters. The molecule has 0 amide bonds. The molecule has 2 N–H and O–H groups in total. The summed E-state index contributed by atoms with van der Waals surface area (Å²) in [6.07, 6.45) is 9.07. The van der Waals surface area contributed by atoms with Crippen molar-refractivity contribution in [1.29, 1.82) is 0 Å². The Kier molecular flexibility index (Phi) is 2.73. The van der Waals surface area contributed by atoms with Crippen LogP contribution in [0.25, 0.3) is 11.2 Å². The van der Waals surface area contributed by atoms with Crippen molar-refractivity contribution in [1.82, 2.24) is 19.5 Å². The van der Waals surface area contributed by atoms with Crippen molar-refractivity contribution in [2.75, 3.05) is 10.7 Å². The number of rotatable bonds is 2. The monoisotopic (exact) mass is 342 g/mol. The maximum absolute atomic E-state index is 5.78. The second kappa shape index (κ2) is 4.25. The zero-order chi connectivity index (χ0) is 11.8. The second-order valence-corrected chi connectivity index (χ2v) is 6.85. The number of halogens is 1. The molecule has 0 radical (unpaired) electrons. The molecule has 2 aromatic heterocycles. The third-order valence-electron chi connectivity index (χ3n) is 3.03. The van der Waals surface area contributed by atoms with Crippen molar-refractivity contribution >= 4 is 17.0 Å². The van der Waals surface area contributed by atoms with Crippen molar-refractivity contribution in [2.24, 2.45) is 0 Å². The number of imidazole rings is 1. The Bertz CT molecular complexity index is 576. The standard InChI is InChI=1S/C11H13IN5/c1-12-7-2-3-8(4-7)17-6-16-9-10(13)14-5-15-11(9)17/h2-3,5-8H,4H2,1H3,(H2,13,14,15)/q-1. The molecule has 0 aliphatic heterocycles. The third kappa shape index (κ3) is 1.80. The van der Waals surface area contributed by atoms with Gasteiger partial charge in [0.15, 0.2) is 0 Å². The molecular weight excluding hydrogens is 329 g/mol. The Hall–Kier alpha value is -1.18. The fourth-order valence-electron chi connectivity index (χ4n) is 2.12. The molecule has 2 aromatic rings. The van der Waals surface area contributed by atoms with E-state index in [0.29, 0.717) is 17.4 Å². The molecule has 0 saturated carbocycles. The van der Waals surface area contributed by atoms with E-state index in [1.54, 1.807) is 0 Å². The molecule has 0 spiro atoms. The van der Waals surface area contributed by atoms with Crippen LogP contribution in [-0.4, -0.2) is 28.4 Å². The minimum absolute atomic E-state index is 0.271. The van der Waals surface area contributed by atoms with Gasteiger partial charge in [-0.1, -0.05) is 0 Å². The van der Waals surface area contributed by atoms with Crippen molar-refractivity contribution in [3.8, 4) is 0 Å². The first kappa shape index (κ1) is 10.9. The number of anilines is 1. The Labute approximate surface area is 109 Å². The van der Waals surface area contributed by atoms with Crippen molar-refractivity contribution in [3.05, 3.63) is 24.8 Å². The molecule has 2 heterocycles. The van der Waals surface area contributed by atoms with E-state index in [0.717, 1.165) is 9.57 Å². The van der Waals surface area contributed by atoms with Gasteiger partial charge in [0.25, 0.3) is 0 Å². The van der Waals surface area contributed by atoms with Gasteiger partial charge in [0.2, 0.25) is 0 Å². The van der Waals surface area contributed by atoms with Gasteiger partial charge in [0, 0.05) is 0 Å². The number of hydrogen-bond donors (Lipinski definition) is 1. The van der Waals surface area contributed by atoms with Gasteiger partial charge in [-0.2, -0.15) is 0 Å². The average molecular weight is 342 g/mol. The molecule has 1 aliphatic rings. The molecular formula is C11H13IN5-. The van der Waals surface area contributed by atoms with Gasteiger partial charge in [-0.3, -0.25) is 0 Å². The molecule has 5 nitrogen and oxygen atoms in total. The maximum atomic E-state index is 5.78. The number of nitrogen functional groups attached to an aromatic ring is 1. The van der Waals surface area contributed by atoms with Gasteiger partial charge in [0.05, 0.1) is 0 Å². The predicted molar refractivity (Wildman–Crippen MR) is 62.2 cm³/mol. The summed E-state index contributed by atoms with van der Waals surface area (Å²) >= 11 is 0.271. The summed E-state index contributed by atoms with van der Waals surface area (Å²) in [5, 5.41) is 0. The Morgan fingerprint density at radius 1 is 1.35 bits per heavy atom. The molecule has 6 heteroatoms. The number of alkyl halides is 2. The fourth-order valence-corrected chi connectivity index (χ4v) is 3.80. The van der Waals surface area contributed by atoms with Crippen molar-refractivity contribution in [2.45, 2.75) is 16.4 Å². The molecule has 3 rings (SSSR count). The summed E-state index contributed by atoms with van der Waals surface area (Å²) in [4.78, 5) is 14.9. The van der Waals surface area contributed by atoms with Crippen LogP contribution in [0.1, 0.15) is 12.5 Å². The molecule has 0 fully saturated rings. The summed E-state index contributed by atoms with van der Waals surface area (Å²) in [6.45, 7) is 0. The fraction of sp³-hybridized carbons (Fsp3) is 0.364. The first-order valence-electron chi connectivity index (χ1n) is 5.39. The molecule has 90 valence electrons. The van der Waals surface area contributed by atoms with Crippen LogP contribution in [0.15, 0.2) is 24.8 Å². The molecule has 2 atom stereocenters. The number of nitrogens with two attached hydrogens (primary N) is 1. The van der Waals surface area contributed by atoms with Crippen LogP contribution in [-0.2, 0) is 0 Å². The molecule has 1 aliphatic carbocycles. The van der Waals surface area contributed by atoms with E-state index < -0.39 is 0 Å². The van der Waals surface area contributed by atoms with Gasteiger partial charge < -0.3 is 0 Å². The average Bonchev–Trinajstić information content (AvgIpc) is 2.94. The van der Waals surface area contributed by atoms with E-state index in [1.807, 2.05) is 6.33 Å². The Morgan fingerprint density at radius 3 is 3.00 bits per heavy atom. The van der Waals surface area contributed by atoms with E-state index in [-0.39, 0.29) is 21.2 Å². The van der Waals surface area contributed by atoms with Crippen LogP contribution in [0.2, 0.25) is 0 Å². The zero-order valence-corrected chi connectivity index (χ0v) is 11.6. The number of nitrogens with zero attached hydrogens (tertiary/aromatic N) is 4. The van der Waals surface area contributed by atoms with E-state index in [2.05, 4.69) is 36.6 Å². The first-order chi connectivity index (χ1) is 8.29. The third-order valence-corrected chi connectivity index (χ3v) is 5.56. The van der Waals surface area contributed by atoms with Crippen molar-refractivity contribution < 1.29 is 21.2 Å². The topological polar surface area (TPSA) is 69.6 Å². The van der Waals surface area contributed by atoms with Gasteiger partial charge in [0.1, 0.15) is 0 Å². The van der Waals surface area contributed by atoms with E-state index >= 15 is 0 Å². The number of allylic oxidation sites excluding steroid dienone is 2. The van der Waals surface area contributed by atoms with Crippen LogP contribution in [0.4, 0.5) is 5.82 Å². The summed E-state index contributed by atoms with van der Waals surface area (Å²) < 4.78 is 2.87. The molecule has 0 saturated heterocycles. The van der Waals surface area contributed by atoms with E-state index in [1.165, 1.54) is 12.7 Å². The van der Waals surface area contributed by atoms with Crippen LogP contribution in [0.5, 0.6) is 0 Å². The summed E-state index contributed by atoms with van der Waals surface area (Å²) in [5.74, 6) is 0.454. The van der Waals surface area contributed by atoms with E-state index in [9.17, 15) is 0 Å². The van der Waals surface area contributed by atoms with Gasteiger partial charge in [-0.05, 0) is 0 Å². The van der Waals surface area contributed by atoms with Gasteiger partial charge in [-0.15, -0.1) is 0 Å². The molecule has 0 bridgehead atoms. The number of fused-ring (bicyclic) bond motifs is 1. The first-order valence-corrected chi connectivity index (χ1v) is 8.79. The molecule has 0 aromatic carbocycles. The quantitative estimate of drug-likeness (QED) is 0.389. The van der Waals surface area contributed by atoms with Crippen molar-refractivity contribution in [3.63, 3.8) is 0 Å². The normalized spacial score (nSPS) is 23.8. The van der Waals surface area contributed by atoms with Crippen LogP contribution in [0.3, 0.4) is 0 Å². The Balaban J connectivity index is 2.02. The van der Waals surface area contributed by atoms with Gasteiger partial charge in [-0.25, -0.2) is 0 Å². The molecule has 17 heavy (non-hydrogen) atoms. The summed E-state index contributed by atoms with van der Waals surface area (Å²) in [6, 6.07) is 0.374. The second-order valence-electron chi connectivity index (χ2n) is 4.01. The number of hydrogen-bond acceptors (Lipinski definition) is 4. The number of aromatic nitrogens is 4. The minimum atomic E-state index is 0.271. The zero-order valence-electron chi connectivity index (χ0n) is 9.42. The Morgan fingerprint density at radius 2 is 2.24 bits per heavy atom. The summed E-state index contributed by atoms with van der Waals surface area (Å²) in [7, 11) is 0. The SMILES string of the molecule is C[I-]C1C=CC(n2cnc3c(N)ncnc32)C1. The van der Waals surface area contributed by atoms with Crippen LogP contribution < -0.4 is 26.9 Å². The summed E-state index contributed by atoms with van der Waals surface area (Å²) in [5.41, 5.74) is 7.32. The van der Waals surface area contributed by atoms with Gasteiger partial charge >= 0.3 is 110 Å². The van der Waals surface area contributed by atoms with E-state index in [4.69, 9.17) is 5.73 Å². The predicted octanol–water partition coefficient (Wildman–Crippen LogP) is -2.00. The van der Waals surface area contributed by atoms with Crippen LogP contribution in [0, 0.1) is 0 Å². The van der Waals surface area contributed by atoms with Crippen LogP contribution >= 0.6 is 0 Å².